The number of nitrogens with zero attached hydrogens (tertiary/aromatic N) is 4. The van der Waals surface area contributed by atoms with Crippen LogP contribution in [0.4, 0.5) is 10.5 Å². The van der Waals surface area contributed by atoms with Crippen molar-refractivity contribution in [3.05, 3.63) is 29.8 Å². The molecule has 0 aromatic heterocycles. The minimum Gasteiger partial charge on any atom is -0.440 e. The van der Waals surface area contributed by atoms with Crippen LogP contribution < -0.4 is 4.90 Å². The molecule has 5 rings (SSSR count). The molecule has 2 amide bonds. The SMILES string of the molecule is CCCCC1N(CC2CCCCC2)C(=O)OC12CCN(C1CCN(C(=O)c3ccccc3N(C)C)CC1)CC2. The van der Waals surface area contributed by atoms with Crippen LogP contribution in [0.2, 0.25) is 0 Å². The van der Waals surface area contributed by atoms with Gasteiger partial charge in [0.05, 0.1) is 11.6 Å². The third-order valence-electron chi connectivity index (χ3n) is 10.0. The maximum absolute atomic E-state index is 13.3. The highest BCUT2D eigenvalue weighted by molar-refractivity contribution is 5.99. The Bertz CT molecular complexity index is 975. The van der Waals surface area contributed by atoms with Gasteiger partial charge in [0.2, 0.25) is 0 Å². The van der Waals surface area contributed by atoms with Crippen molar-refractivity contribution in [2.45, 2.75) is 102 Å². The van der Waals surface area contributed by atoms with E-state index < -0.39 is 0 Å². The van der Waals surface area contributed by atoms with Crippen molar-refractivity contribution in [3.8, 4) is 0 Å². The molecule has 0 N–H and O–H groups in total. The Balaban J connectivity index is 1.17. The molecule has 1 aliphatic carbocycles. The molecule has 1 spiro atoms. The van der Waals surface area contributed by atoms with Crippen LogP contribution in [-0.2, 0) is 4.74 Å². The van der Waals surface area contributed by atoms with E-state index in [-0.39, 0.29) is 23.6 Å². The van der Waals surface area contributed by atoms with Crippen molar-refractivity contribution >= 4 is 17.7 Å². The minimum atomic E-state index is -0.315. The van der Waals surface area contributed by atoms with E-state index in [1.54, 1.807) is 0 Å². The first-order valence-electron chi connectivity index (χ1n) is 15.7. The molecular formula is C32H50N4O3. The molecule has 4 fully saturated rings. The average molecular weight is 539 g/mol. The largest absolute Gasteiger partial charge is 0.440 e. The minimum absolute atomic E-state index is 0.0556. The Morgan fingerprint density at radius 1 is 1.00 bits per heavy atom. The number of para-hydroxylation sites is 1. The average Bonchev–Trinajstić information content (AvgIpc) is 3.21. The molecule has 1 saturated carbocycles. The van der Waals surface area contributed by atoms with Gasteiger partial charge in [0.15, 0.2) is 0 Å². The normalized spacial score (nSPS) is 24.8. The van der Waals surface area contributed by atoms with E-state index in [0.29, 0.717) is 12.0 Å². The van der Waals surface area contributed by atoms with Gasteiger partial charge >= 0.3 is 6.09 Å². The zero-order valence-corrected chi connectivity index (χ0v) is 24.6. The maximum Gasteiger partial charge on any atom is 0.410 e. The highest BCUT2D eigenvalue weighted by atomic mass is 16.6. The first-order valence-corrected chi connectivity index (χ1v) is 15.7. The number of hydrogen-bond donors (Lipinski definition) is 0. The molecule has 39 heavy (non-hydrogen) atoms. The van der Waals surface area contributed by atoms with Crippen LogP contribution in [0.25, 0.3) is 0 Å². The number of rotatable bonds is 8. The lowest BCUT2D eigenvalue weighted by Gasteiger charge is -2.46. The Morgan fingerprint density at radius 2 is 1.69 bits per heavy atom. The number of hydrogen-bond acceptors (Lipinski definition) is 5. The number of benzene rings is 1. The molecule has 4 aliphatic rings. The van der Waals surface area contributed by atoms with Gasteiger partial charge in [0.25, 0.3) is 5.91 Å². The summed E-state index contributed by atoms with van der Waals surface area (Å²) in [5, 5.41) is 0. The van der Waals surface area contributed by atoms with Crippen LogP contribution in [0.1, 0.15) is 94.3 Å². The van der Waals surface area contributed by atoms with E-state index in [9.17, 15) is 9.59 Å². The van der Waals surface area contributed by atoms with Gasteiger partial charge in [-0.1, -0.05) is 51.2 Å². The van der Waals surface area contributed by atoms with E-state index in [2.05, 4.69) is 16.7 Å². The third-order valence-corrected chi connectivity index (χ3v) is 10.0. The van der Waals surface area contributed by atoms with Gasteiger partial charge < -0.3 is 19.4 Å². The lowest BCUT2D eigenvalue weighted by atomic mass is 9.80. The summed E-state index contributed by atoms with van der Waals surface area (Å²) < 4.78 is 6.32. The molecule has 1 aromatic carbocycles. The summed E-state index contributed by atoms with van der Waals surface area (Å²) in [5.74, 6) is 0.785. The number of piperidine rings is 2. The number of anilines is 1. The standard InChI is InChI=1S/C32H50N4O3/c1-4-5-15-29-32(39-31(38)36(29)24-25-11-7-6-8-12-25)18-22-34(23-19-32)26-16-20-35(21-17-26)30(37)27-13-9-10-14-28(27)33(2)3/h9-10,13-14,25-26,29H,4-8,11-12,15-24H2,1-3H3. The van der Waals surface area contributed by atoms with Crippen LogP contribution >= 0.6 is 0 Å². The van der Waals surface area contributed by atoms with Crippen molar-refractivity contribution in [1.82, 2.24) is 14.7 Å². The van der Waals surface area contributed by atoms with Gasteiger partial charge in [-0.05, 0) is 50.2 Å². The molecule has 216 valence electrons. The van der Waals surface area contributed by atoms with Crippen molar-refractivity contribution in [2.75, 3.05) is 51.7 Å². The summed E-state index contributed by atoms with van der Waals surface area (Å²) >= 11 is 0. The topological polar surface area (TPSA) is 56.3 Å². The first kappa shape index (κ1) is 28.3. The highest BCUT2D eigenvalue weighted by Crippen LogP contribution is 2.43. The fourth-order valence-electron chi connectivity index (χ4n) is 7.73. The number of carbonyl (C=O) groups is 2. The van der Waals surface area contributed by atoms with E-state index >= 15 is 0 Å². The molecule has 1 unspecified atom stereocenters. The lowest BCUT2D eigenvalue weighted by Crippen LogP contribution is -2.56. The summed E-state index contributed by atoms with van der Waals surface area (Å²) in [6, 6.07) is 8.64. The summed E-state index contributed by atoms with van der Waals surface area (Å²) in [5.41, 5.74) is 1.45. The lowest BCUT2D eigenvalue weighted by molar-refractivity contribution is -0.0385. The fraction of sp³-hybridized carbons (Fsp3) is 0.750. The second-order valence-electron chi connectivity index (χ2n) is 12.7. The second kappa shape index (κ2) is 12.5. The quantitative estimate of drug-likeness (QED) is 0.420. The maximum atomic E-state index is 13.3. The number of ether oxygens (including phenoxy) is 1. The van der Waals surface area contributed by atoms with E-state index in [0.717, 1.165) is 88.9 Å². The van der Waals surface area contributed by atoms with Crippen molar-refractivity contribution in [3.63, 3.8) is 0 Å². The third kappa shape index (κ3) is 6.08. The molecular weight excluding hydrogens is 488 g/mol. The van der Waals surface area contributed by atoms with Gasteiger partial charge in [0.1, 0.15) is 5.60 Å². The van der Waals surface area contributed by atoms with Gasteiger partial charge in [-0.25, -0.2) is 4.79 Å². The van der Waals surface area contributed by atoms with Gasteiger partial charge in [-0.2, -0.15) is 0 Å². The molecule has 3 heterocycles. The highest BCUT2D eigenvalue weighted by Gasteiger charge is 2.55. The van der Waals surface area contributed by atoms with Crippen LogP contribution in [0.15, 0.2) is 24.3 Å². The van der Waals surface area contributed by atoms with Crippen molar-refractivity contribution in [2.24, 2.45) is 5.92 Å². The first-order chi connectivity index (χ1) is 18.9. The monoisotopic (exact) mass is 538 g/mol. The van der Waals surface area contributed by atoms with Crippen LogP contribution in [-0.4, -0.2) is 91.2 Å². The predicted octanol–water partition coefficient (Wildman–Crippen LogP) is 5.78. The van der Waals surface area contributed by atoms with Crippen molar-refractivity contribution in [1.29, 1.82) is 0 Å². The fourth-order valence-corrected chi connectivity index (χ4v) is 7.73. The molecule has 7 nitrogen and oxygen atoms in total. The Hall–Kier alpha value is -2.28. The van der Waals surface area contributed by atoms with Gasteiger partial charge in [-0.3, -0.25) is 9.69 Å². The Kier molecular flexibility index (Phi) is 9.05. The van der Waals surface area contributed by atoms with E-state index in [4.69, 9.17) is 4.74 Å². The summed E-state index contributed by atoms with van der Waals surface area (Å²) in [4.78, 5) is 35.4. The van der Waals surface area contributed by atoms with Gasteiger partial charge in [0, 0.05) is 71.4 Å². The molecule has 1 aromatic rings. The molecule has 0 radical (unpaired) electrons. The summed E-state index contributed by atoms with van der Waals surface area (Å²) in [6.45, 7) is 6.70. The summed E-state index contributed by atoms with van der Waals surface area (Å²) in [6.07, 6.45) is 13.7. The second-order valence-corrected chi connectivity index (χ2v) is 12.7. The molecule has 7 heteroatoms. The van der Waals surface area contributed by atoms with Crippen LogP contribution in [0.5, 0.6) is 0 Å². The molecule has 1 atom stereocenters. The summed E-state index contributed by atoms with van der Waals surface area (Å²) in [7, 11) is 3.98. The Morgan fingerprint density at radius 3 is 2.36 bits per heavy atom. The molecule has 3 aliphatic heterocycles. The zero-order valence-electron chi connectivity index (χ0n) is 24.6. The van der Waals surface area contributed by atoms with E-state index in [1.807, 2.05) is 48.2 Å². The zero-order chi connectivity index (χ0) is 27.4. The van der Waals surface area contributed by atoms with E-state index in [1.165, 1.54) is 32.1 Å². The van der Waals surface area contributed by atoms with Gasteiger partial charge in [-0.15, -0.1) is 0 Å². The van der Waals surface area contributed by atoms with Crippen molar-refractivity contribution < 1.29 is 14.3 Å². The molecule has 0 bridgehead atoms. The predicted molar refractivity (Wildman–Crippen MR) is 156 cm³/mol. The van der Waals surface area contributed by atoms with Crippen LogP contribution in [0, 0.1) is 5.92 Å². The molecule has 3 saturated heterocycles. The van der Waals surface area contributed by atoms with Crippen LogP contribution in [0.3, 0.4) is 0 Å². The Labute approximate surface area is 235 Å². The number of amides is 2. The smallest absolute Gasteiger partial charge is 0.410 e. The number of likely N-dealkylation sites (tertiary alicyclic amines) is 2. The number of carbonyl (C=O) groups excluding carboxylic acids is 2. The number of unbranched alkanes of at least 4 members (excludes halogenated alkanes) is 1.